The van der Waals surface area contributed by atoms with Crippen molar-refractivity contribution in [3.63, 3.8) is 0 Å². The Kier molecular flexibility index (Phi) is 5.38. The molecular formula is C17H28N2. The first-order chi connectivity index (χ1) is 9.16. The van der Waals surface area contributed by atoms with Crippen LogP contribution in [0.3, 0.4) is 0 Å². The molecule has 1 N–H and O–H groups in total. The van der Waals surface area contributed by atoms with Gasteiger partial charge in [-0.3, -0.25) is 4.98 Å². The van der Waals surface area contributed by atoms with Gasteiger partial charge < -0.3 is 5.32 Å². The number of nitrogens with one attached hydrogen (secondary N) is 1. The second-order valence-corrected chi connectivity index (χ2v) is 6.35. The summed E-state index contributed by atoms with van der Waals surface area (Å²) in [7, 11) is 0. The first-order valence-electron chi connectivity index (χ1n) is 7.83. The van der Waals surface area contributed by atoms with Crippen LogP contribution in [0.25, 0.3) is 0 Å². The Bertz CT molecular complexity index is 361. The number of aromatic nitrogens is 1. The van der Waals surface area contributed by atoms with Gasteiger partial charge in [-0.1, -0.05) is 32.8 Å². The van der Waals surface area contributed by atoms with E-state index in [4.69, 9.17) is 0 Å². The normalized spacial score (nSPS) is 26.1. The number of nitrogens with zero attached hydrogens (tertiary/aromatic N) is 1. The summed E-state index contributed by atoms with van der Waals surface area (Å²) in [6.07, 6.45) is 8.68. The van der Waals surface area contributed by atoms with Crippen LogP contribution in [0.5, 0.6) is 0 Å². The van der Waals surface area contributed by atoms with E-state index in [1.807, 2.05) is 12.3 Å². The molecule has 106 valence electrons. The molecule has 2 rings (SSSR count). The fraction of sp³-hybridized carbons (Fsp3) is 0.706. The molecule has 1 aliphatic carbocycles. The van der Waals surface area contributed by atoms with Gasteiger partial charge in [-0.05, 0) is 50.2 Å². The van der Waals surface area contributed by atoms with Crippen molar-refractivity contribution in [1.82, 2.24) is 10.3 Å². The minimum atomic E-state index is 0.363. The Morgan fingerprint density at radius 3 is 2.63 bits per heavy atom. The van der Waals surface area contributed by atoms with E-state index in [2.05, 4.69) is 43.2 Å². The Balaban J connectivity index is 1.86. The number of rotatable bonds is 4. The van der Waals surface area contributed by atoms with Gasteiger partial charge in [-0.25, -0.2) is 0 Å². The van der Waals surface area contributed by atoms with Crippen molar-refractivity contribution in [2.45, 2.75) is 65.0 Å². The van der Waals surface area contributed by atoms with Crippen LogP contribution in [0.15, 0.2) is 24.4 Å². The zero-order valence-corrected chi connectivity index (χ0v) is 12.6. The molecule has 1 aromatic heterocycles. The van der Waals surface area contributed by atoms with E-state index in [0.29, 0.717) is 12.1 Å². The minimum Gasteiger partial charge on any atom is -0.306 e. The highest BCUT2D eigenvalue weighted by atomic mass is 15.0. The molecule has 0 radical (unpaired) electrons. The summed E-state index contributed by atoms with van der Waals surface area (Å²) in [5.41, 5.74) is 1.16. The van der Waals surface area contributed by atoms with Crippen LogP contribution in [0.2, 0.25) is 0 Å². The molecule has 1 aromatic rings. The van der Waals surface area contributed by atoms with Crippen molar-refractivity contribution in [2.75, 3.05) is 0 Å². The predicted molar refractivity (Wildman–Crippen MR) is 81.0 cm³/mol. The highest BCUT2D eigenvalue weighted by Gasteiger charge is 2.22. The number of pyridine rings is 1. The molecule has 2 heteroatoms. The van der Waals surface area contributed by atoms with Gasteiger partial charge in [-0.15, -0.1) is 0 Å². The van der Waals surface area contributed by atoms with E-state index in [1.165, 1.54) is 32.1 Å². The Morgan fingerprint density at radius 1 is 1.11 bits per heavy atom. The summed E-state index contributed by atoms with van der Waals surface area (Å²) in [4.78, 5) is 4.45. The Hall–Kier alpha value is -0.890. The van der Waals surface area contributed by atoms with E-state index in [0.717, 1.165) is 17.5 Å². The van der Waals surface area contributed by atoms with E-state index in [9.17, 15) is 0 Å². The lowest BCUT2D eigenvalue weighted by Gasteiger charge is -2.22. The molecule has 1 heterocycles. The third-order valence-electron chi connectivity index (χ3n) is 4.57. The van der Waals surface area contributed by atoms with Crippen molar-refractivity contribution in [3.05, 3.63) is 30.1 Å². The third-order valence-corrected chi connectivity index (χ3v) is 4.57. The van der Waals surface area contributed by atoms with Gasteiger partial charge in [0.05, 0.1) is 5.69 Å². The first-order valence-corrected chi connectivity index (χ1v) is 7.83. The fourth-order valence-corrected chi connectivity index (χ4v) is 3.23. The summed E-state index contributed by atoms with van der Waals surface area (Å²) < 4.78 is 0. The Morgan fingerprint density at radius 2 is 1.95 bits per heavy atom. The van der Waals surface area contributed by atoms with Crippen LogP contribution >= 0.6 is 0 Å². The Labute approximate surface area is 118 Å². The van der Waals surface area contributed by atoms with Gasteiger partial charge in [0.25, 0.3) is 0 Å². The van der Waals surface area contributed by atoms with Crippen LogP contribution in [0.1, 0.15) is 64.6 Å². The van der Waals surface area contributed by atoms with Crippen LogP contribution in [-0.4, -0.2) is 11.0 Å². The van der Waals surface area contributed by atoms with Crippen LogP contribution in [0, 0.1) is 11.8 Å². The van der Waals surface area contributed by atoms with Crippen molar-refractivity contribution in [2.24, 2.45) is 11.8 Å². The van der Waals surface area contributed by atoms with Crippen molar-refractivity contribution >= 4 is 0 Å². The van der Waals surface area contributed by atoms with Gasteiger partial charge in [0.2, 0.25) is 0 Å². The molecule has 2 nitrogen and oxygen atoms in total. The molecule has 0 saturated heterocycles. The maximum absolute atomic E-state index is 4.45. The third kappa shape index (κ3) is 4.31. The lowest BCUT2D eigenvalue weighted by atomic mass is 9.89. The fourth-order valence-electron chi connectivity index (χ4n) is 3.23. The molecule has 0 spiro atoms. The second kappa shape index (κ2) is 7.04. The molecule has 19 heavy (non-hydrogen) atoms. The van der Waals surface area contributed by atoms with E-state index in [-0.39, 0.29) is 0 Å². The van der Waals surface area contributed by atoms with Gasteiger partial charge in [0.1, 0.15) is 0 Å². The molecule has 2 unspecified atom stereocenters. The smallest absolute Gasteiger partial charge is 0.0570 e. The maximum atomic E-state index is 4.45. The molecule has 1 saturated carbocycles. The standard InChI is InChI=1S/C17H28N2/c1-13(2)15-7-6-8-16(11-10-15)19-14(3)17-9-4-5-12-18-17/h4-5,9,12-16,19H,6-8,10-11H2,1-3H3/t14-,15?,16?/m0/s1. The van der Waals surface area contributed by atoms with E-state index in [1.54, 1.807) is 0 Å². The van der Waals surface area contributed by atoms with Crippen LogP contribution in [0.4, 0.5) is 0 Å². The molecule has 1 aliphatic rings. The van der Waals surface area contributed by atoms with Gasteiger partial charge in [0, 0.05) is 18.3 Å². The van der Waals surface area contributed by atoms with Gasteiger partial charge >= 0.3 is 0 Å². The van der Waals surface area contributed by atoms with Crippen molar-refractivity contribution < 1.29 is 0 Å². The average Bonchev–Trinajstić information content (AvgIpc) is 2.65. The van der Waals surface area contributed by atoms with Gasteiger partial charge in [-0.2, -0.15) is 0 Å². The summed E-state index contributed by atoms with van der Waals surface area (Å²) in [6.45, 7) is 6.97. The summed E-state index contributed by atoms with van der Waals surface area (Å²) in [5.74, 6) is 1.77. The molecule has 0 bridgehead atoms. The maximum Gasteiger partial charge on any atom is 0.0570 e. The van der Waals surface area contributed by atoms with Gasteiger partial charge in [0.15, 0.2) is 0 Å². The van der Waals surface area contributed by atoms with Crippen molar-refractivity contribution in [1.29, 1.82) is 0 Å². The molecule has 0 aliphatic heterocycles. The van der Waals surface area contributed by atoms with Crippen LogP contribution < -0.4 is 5.32 Å². The lowest BCUT2D eigenvalue weighted by Crippen LogP contribution is -2.31. The van der Waals surface area contributed by atoms with E-state index < -0.39 is 0 Å². The molecule has 0 amide bonds. The average molecular weight is 260 g/mol. The summed E-state index contributed by atoms with van der Waals surface area (Å²) in [6, 6.07) is 7.20. The monoisotopic (exact) mass is 260 g/mol. The SMILES string of the molecule is CC(C)C1CCCC(N[C@@H](C)c2ccccn2)CC1. The number of hydrogen-bond donors (Lipinski definition) is 1. The topological polar surface area (TPSA) is 24.9 Å². The van der Waals surface area contributed by atoms with Crippen LogP contribution in [-0.2, 0) is 0 Å². The first kappa shape index (κ1) is 14.5. The largest absolute Gasteiger partial charge is 0.306 e. The predicted octanol–water partition coefficient (Wildman–Crippen LogP) is 4.34. The highest BCUT2D eigenvalue weighted by molar-refractivity contribution is 5.07. The molecule has 0 aromatic carbocycles. The minimum absolute atomic E-state index is 0.363. The summed E-state index contributed by atoms with van der Waals surface area (Å²) in [5, 5.41) is 3.77. The quantitative estimate of drug-likeness (QED) is 0.815. The van der Waals surface area contributed by atoms with Crippen molar-refractivity contribution in [3.8, 4) is 0 Å². The highest BCUT2D eigenvalue weighted by Crippen LogP contribution is 2.29. The van der Waals surface area contributed by atoms with E-state index >= 15 is 0 Å². The zero-order chi connectivity index (χ0) is 13.7. The molecular weight excluding hydrogens is 232 g/mol. The molecule has 3 atom stereocenters. The zero-order valence-electron chi connectivity index (χ0n) is 12.6. The lowest BCUT2D eigenvalue weighted by molar-refractivity contribution is 0.335. The molecule has 1 fully saturated rings. The summed E-state index contributed by atoms with van der Waals surface area (Å²) >= 11 is 0. The number of hydrogen-bond acceptors (Lipinski definition) is 2. The second-order valence-electron chi connectivity index (χ2n) is 6.35.